The van der Waals surface area contributed by atoms with E-state index in [0.717, 1.165) is 48.7 Å². The zero-order valence-electron chi connectivity index (χ0n) is 17.0. The lowest BCUT2D eigenvalue weighted by atomic mass is 9.91. The summed E-state index contributed by atoms with van der Waals surface area (Å²) >= 11 is 0. The topological polar surface area (TPSA) is 60.5 Å². The number of anilines is 1. The second-order valence-corrected chi connectivity index (χ2v) is 7.81. The summed E-state index contributed by atoms with van der Waals surface area (Å²) in [6, 6.07) is 11.5. The molecule has 1 aromatic heterocycles. The molecule has 2 aromatic rings. The number of aromatic nitrogens is 1. The third-order valence-electron chi connectivity index (χ3n) is 5.23. The fourth-order valence-corrected chi connectivity index (χ4v) is 3.51. The van der Waals surface area contributed by atoms with Crippen molar-refractivity contribution in [3.05, 3.63) is 53.9 Å². The molecule has 1 aliphatic rings. The number of carbonyl (C=O) groups excluding carboxylic acids is 1. The molecular weight excluding hydrogens is 352 g/mol. The first-order valence-electron chi connectivity index (χ1n) is 10.1. The Bertz CT molecular complexity index is 771. The van der Waals surface area contributed by atoms with Crippen molar-refractivity contribution in [3.63, 3.8) is 0 Å². The van der Waals surface area contributed by atoms with Crippen LogP contribution in [-0.2, 0) is 9.53 Å². The van der Waals surface area contributed by atoms with Crippen LogP contribution in [0.5, 0.6) is 5.75 Å². The third-order valence-corrected chi connectivity index (χ3v) is 5.23. The number of nitrogens with zero attached hydrogens (tertiary/aromatic N) is 1. The molecule has 0 bridgehead atoms. The Morgan fingerprint density at radius 2 is 2.04 bits per heavy atom. The summed E-state index contributed by atoms with van der Waals surface area (Å²) in [4.78, 5) is 17.3. The highest BCUT2D eigenvalue weighted by atomic mass is 16.5. The summed E-state index contributed by atoms with van der Waals surface area (Å²) in [6.07, 6.45) is 3.80. The van der Waals surface area contributed by atoms with E-state index in [0.29, 0.717) is 12.5 Å². The van der Waals surface area contributed by atoms with Gasteiger partial charge < -0.3 is 14.8 Å². The lowest BCUT2D eigenvalue weighted by Gasteiger charge is -2.23. The lowest BCUT2D eigenvalue weighted by molar-refractivity contribution is -0.118. The maximum Gasteiger partial charge on any atom is 0.233 e. The predicted octanol–water partition coefficient (Wildman–Crippen LogP) is 4.57. The molecule has 1 amide bonds. The number of aryl methyl sites for hydroxylation is 1. The number of benzene rings is 1. The van der Waals surface area contributed by atoms with Crippen LogP contribution in [0.2, 0.25) is 0 Å². The van der Waals surface area contributed by atoms with Gasteiger partial charge in [-0.1, -0.05) is 26.0 Å². The molecule has 1 unspecified atom stereocenters. The van der Waals surface area contributed by atoms with E-state index < -0.39 is 0 Å². The van der Waals surface area contributed by atoms with Gasteiger partial charge >= 0.3 is 0 Å². The van der Waals surface area contributed by atoms with Crippen LogP contribution in [0.3, 0.4) is 0 Å². The molecule has 1 aliphatic heterocycles. The van der Waals surface area contributed by atoms with E-state index in [1.165, 1.54) is 0 Å². The summed E-state index contributed by atoms with van der Waals surface area (Å²) in [7, 11) is 0. The van der Waals surface area contributed by atoms with Crippen LogP contribution in [0, 0.1) is 18.8 Å². The largest absolute Gasteiger partial charge is 0.493 e. The average molecular weight is 383 g/mol. The van der Waals surface area contributed by atoms with Crippen LogP contribution < -0.4 is 10.1 Å². The molecule has 1 aromatic carbocycles. The molecule has 5 nitrogen and oxygen atoms in total. The monoisotopic (exact) mass is 382 g/mol. The van der Waals surface area contributed by atoms with Crippen molar-refractivity contribution in [1.82, 2.24) is 4.98 Å². The first-order chi connectivity index (χ1) is 13.5. The van der Waals surface area contributed by atoms with Gasteiger partial charge in [0.1, 0.15) is 5.75 Å². The third kappa shape index (κ3) is 5.32. The number of nitrogens with one attached hydrogen (secondary N) is 1. The van der Waals surface area contributed by atoms with Crippen molar-refractivity contribution < 1.29 is 14.3 Å². The Morgan fingerprint density at radius 1 is 1.25 bits per heavy atom. The standard InChI is InChI=1S/C23H30N2O3/c1-16(2)22(20-6-4-5-11-24-20)23(26)25-19-8-7-17(3)21(14-19)28-15-18-9-12-27-13-10-18/h4-8,11,14,16,18,22H,9-10,12-13,15H2,1-3H3,(H,25,26). The molecule has 1 saturated heterocycles. The van der Waals surface area contributed by atoms with E-state index >= 15 is 0 Å². The molecule has 1 fully saturated rings. The molecule has 0 spiro atoms. The summed E-state index contributed by atoms with van der Waals surface area (Å²) in [6.45, 7) is 8.41. The molecule has 1 atom stereocenters. The smallest absolute Gasteiger partial charge is 0.233 e. The maximum absolute atomic E-state index is 13.0. The highest BCUT2D eigenvalue weighted by Crippen LogP contribution is 2.28. The van der Waals surface area contributed by atoms with Crippen molar-refractivity contribution in [2.24, 2.45) is 11.8 Å². The second kappa shape index (κ2) is 9.69. The maximum atomic E-state index is 13.0. The number of carbonyl (C=O) groups is 1. The predicted molar refractivity (Wildman–Crippen MR) is 111 cm³/mol. The minimum Gasteiger partial charge on any atom is -0.493 e. The van der Waals surface area contributed by atoms with Gasteiger partial charge in [-0.05, 0) is 55.4 Å². The summed E-state index contributed by atoms with van der Waals surface area (Å²) < 4.78 is 11.5. The van der Waals surface area contributed by atoms with Gasteiger partial charge in [0.25, 0.3) is 0 Å². The highest BCUT2D eigenvalue weighted by molar-refractivity contribution is 5.96. The molecule has 0 radical (unpaired) electrons. The molecule has 28 heavy (non-hydrogen) atoms. The molecule has 3 rings (SSSR count). The number of ether oxygens (including phenoxy) is 2. The van der Waals surface area contributed by atoms with E-state index in [2.05, 4.69) is 10.3 Å². The van der Waals surface area contributed by atoms with Crippen LogP contribution in [0.15, 0.2) is 42.6 Å². The summed E-state index contributed by atoms with van der Waals surface area (Å²) in [5.41, 5.74) is 2.60. The van der Waals surface area contributed by atoms with Crippen LogP contribution in [-0.4, -0.2) is 30.7 Å². The fourth-order valence-electron chi connectivity index (χ4n) is 3.51. The normalized spacial score (nSPS) is 16.0. The van der Waals surface area contributed by atoms with Crippen molar-refractivity contribution >= 4 is 11.6 Å². The molecule has 1 N–H and O–H groups in total. The van der Waals surface area contributed by atoms with E-state index in [9.17, 15) is 4.79 Å². The Labute approximate surface area is 167 Å². The Hall–Kier alpha value is -2.40. The van der Waals surface area contributed by atoms with Crippen LogP contribution in [0.4, 0.5) is 5.69 Å². The van der Waals surface area contributed by atoms with Crippen molar-refractivity contribution in [2.75, 3.05) is 25.1 Å². The fraction of sp³-hybridized carbons (Fsp3) is 0.478. The Kier molecular flexibility index (Phi) is 7.04. The molecule has 0 aliphatic carbocycles. The average Bonchev–Trinajstić information content (AvgIpc) is 2.70. The van der Waals surface area contributed by atoms with E-state index in [4.69, 9.17) is 9.47 Å². The van der Waals surface area contributed by atoms with Gasteiger partial charge in [-0.25, -0.2) is 0 Å². The molecule has 0 saturated carbocycles. The molecule has 150 valence electrons. The van der Waals surface area contributed by atoms with Crippen LogP contribution in [0.25, 0.3) is 0 Å². The first kappa shape index (κ1) is 20.3. The van der Waals surface area contributed by atoms with Crippen molar-refractivity contribution in [3.8, 4) is 5.75 Å². The lowest BCUT2D eigenvalue weighted by Crippen LogP contribution is -2.26. The van der Waals surface area contributed by atoms with E-state index in [-0.39, 0.29) is 17.7 Å². The number of rotatable bonds is 7. The number of amides is 1. The van der Waals surface area contributed by atoms with Gasteiger partial charge in [-0.15, -0.1) is 0 Å². The summed E-state index contributed by atoms with van der Waals surface area (Å²) in [5, 5.41) is 3.05. The Balaban J connectivity index is 1.68. The number of hydrogen-bond acceptors (Lipinski definition) is 4. The van der Waals surface area contributed by atoms with E-state index in [1.54, 1.807) is 6.20 Å². The first-order valence-corrected chi connectivity index (χ1v) is 10.1. The SMILES string of the molecule is Cc1ccc(NC(=O)C(c2ccccn2)C(C)C)cc1OCC1CCOCC1. The van der Waals surface area contributed by atoms with Crippen LogP contribution >= 0.6 is 0 Å². The zero-order valence-corrected chi connectivity index (χ0v) is 17.0. The van der Waals surface area contributed by atoms with Gasteiger partial charge in [-0.3, -0.25) is 9.78 Å². The number of pyridine rings is 1. The molecule has 5 heteroatoms. The molecule has 2 heterocycles. The van der Waals surface area contributed by atoms with Gasteiger partial charge in [-0.2, -0.15) is 0 Å². The second-order valence-electron chi connectivity index (χ2n) is 7.81. The quantitative estimate of drug-likeness (QED) is 0.762. The zero-order chi connectivity index (χ0) is 19.9. The van der Waals surface area contributed by atoms with Crippen molar-refractivity contribution in [1.29, 1.82) is 0 Å². The van der Waals surface area contributed by atoms with Gasteiger partial charge in [0.15, 0.2) is 0 Å². The Morgan fingerprint density at radius 3 is 2.71 bits per heavy atom. The highest BCUT2D eigenvalue weighted by Gasteiger charge is 2.25. The van der Waals surface area contributed by atoms with Gasteiger partial charge in [0.2, 0.25) is 5.91 Å². The van der Waals surface area contributed by atoms with Crippen LogP contribution in [0.1, 0.15) is 43.9 Å². The van der Waals surface area contributed by atoms with Gasteiger partial charge in [0.05, 0.1) is 18.2 Å². The minimum atomic E-state index is -0.297. The summed E-state index contributed by atoms with van der Waals surface area (Å²) in [5.74, 6) is 1.15. The van der Waals surface area contributed by atoms with Crippen molar-refractivity contribution in [2.45, 2.75) is 39.5 Å². The van der Waals surface area contributed by atoms with E-state index in [1.807, 2.05) is 57.2 Å². The van der Waals surface area contributed by atoms with Gasteiger partial charge in [0, 0.05) is 31.2 Å². The minimum absolute atomic E-state index is 0.0482. The number of hydrogen-bond donors (Lipinski definition) is 1. The molecular formula is C23H30N2O3.